The number of halogens is 1. The first-order valence-corrected chi connectivity index (χ1v) is 8.22. The van der Waals surface area contributed by atoms with E-state index in [1.54, 1.807) is 4.90 Å². The Bertz CT molecular complexity index is 572. The van der Waals surface area contributed by atoms with Crippen molar-refractivity contribution in [1.82, 2.24) is 4.90 Å². The van der Waals surface area contributed by atoms with E-state index in [4.69, 9.17) is 4.74 Å². The highest BCUT2D eigenvalue weighted by molar-refractivity contribution is 9.10. The van der Waals surface area contributed by atoms with Gasteiger partial charge in [-0.2, -0.15) is 5.26 Å². The molecule has 2 unspecified atom stereocenters. The monoisotopic (exact) mass is 364 g/mol. The third kappa shape index (κ3) is 4.23. The van der Waals surface area contributed by atoms with Gasteiger partial charge in [-0.25, -0.2) is 4.79 Å². The van der Waals surface area contributed by atoms with Gasteiger partial charge < -0.3 is 9.64 Å². The molecule has 0 N–H and O–H groups in total. The summed E-state index contributed by atoms with van der Waals surface area (Å²) >= 11 is 3.40. The molecule has 1 aromatic carbocycles. The predicted octanol–water partition coefficient (Wildman–Crippen LogP) is 4.31. The van der Waals surface area contributed by atoms with Gasteiger partial charge in [0.1, 0.15) is 5.60 Å². The number of rotatable bonds is 2. The number of nitriles is 1. The summed E-state index contributed by atoms with van der Waals surface area (Å²) in [6.07, 6.45) is 0.538. The lowest BCUT2D eigenvalue weighted by molar-refractivity contribution is 0.0287. The van der Waals surface area contributed by atoms with E-state index in [0.717, 1.165) is 16.5 Å². The van der Waals surface area contributed by atoms with Crippen molar-refractivity contribution in [2.45, 2.75) is 38.7 Å². The molecule has 1 heterocycles. The molecule has 1 saturated heterocycles. The minimum absolute atomic E-state index is 0.152. The summed E-state index contributed by atoms with van der Waals surface area (Å²) < 4.78 is 6.40. The summed E-state index contributed by atoms with van der Waals surface area (Å²) in [4.78, 5) is 13.8. The van der Waals surface area contributed by atoms with Crippen LogP contribution in [0.2, 0.25) is 0 Å². The molecule has 1 fully saturated rings. The lowest BCUT2D eigenvalue weighted by Crippen LogP contribution is -2.35. The Morgan fingerprint density at radius 3 is 2.59 bits per heavy atom. The summed E-state index contributed by atoms with van der Waals surface area (Å²) in [5, 5.41) is 9.52. The van der Waals surface area contributed by atoms with Crippen molar-refractivity contribution < 1.29 is 9.53 Å². The van der Waals surface area contributed by atoms with Crippen LogP contribution in [0.5, 0.6) is 0 Å². The maximum Gasteiger partial charge on any atom is 0.410 e. The van der Waals surface area contributed by atoms with E-state index in [2.05, 4.69) is 22.0 Å². The van der Waals surface area contributed by atoms with Gasteiger partial charge in [0, 0.05) is 17.6 Å². The van der Waals surface area contributed by atoms with Crippen molar-refractivity contribution in [3.05, 3.63) is 34.3 Å². The van der Waals surface area contributed by atoms with Gasteiger partial charge in [0.15, 0.2) is 0 Å². The van der Waals surface area contributed by atoms with Crippen molar-refractivity contribution in [3.63, 3.8) is 0 Å². The molecule has 0 bridgehead atoms. The fourth-order valence-electron chi connectivity index (χ4n) is 2.67. The summed E-state index contributed by atoms with van der Waals surface area (Å²) in [5.41, 5.74) is 0.511. The SMILES string of the molecule is CC(C)(C)OC(=O)N1CCC(C(C#N)c2ccc(Br)cc2)C1. The molecule has 22 heavy (non-hydrogen) atoms. The highest BCUT2D eigenvalue weighted by atomic mass is 79.9. The molecule has 0 saturated carbocycles. The summed E-state index contributed by atoms with van der Waals surface area (Å²) in [6, 6.07) is 10.2. The largest absolute Gasteiger partial charge is 0.444 e. The number of carbonyl (C=O) groups is 1. The first-order chi connectivity index (χ1) is 10.3. The highest BCUT2D eigenvalue weighted by Gasteiger charge is 2.34. The molecule has 2 atom stereocenters. The number of nitrogens with zero attached hydrogens (tertiary/aromatic N) is 2. The molecule has 1 aliphatic heterocycles. The summed E-state index contributed by atoms with van der Waals surface area (Å²) in [5.74, 6) is -0.0424. The number of amides is 1. The van der Waals surface area contributed by atoms with Crippen LogP contribution in [0.25, 0.3) is 0 Å². The standard InChI is InChI=1S/C17H21BrN2O2/c1-17(2,3)22-16(21)20-9-8-13(11-20)15(10-19)12-4-6-14(18)7-5-12/h4-7,13,15H,8-9,11H2,1-3H3. The molecule has 0 aromatic heterocycles. The molecule has 4 nitrogen and oxygen atoms in total. The van der Waals surface area contributed by atoms with E-state index < -0.39 is 5.60 Å². The van der Waals surface area contributed by atoms with Crippen LogP contribution >= 0.6 is 15.9 Å². The Morgan fingerprint density at radius 1 is 1.41 bits per heavy atom. The fourth-order valence-corrected chi connectivity index (χ4v) is 2.94. The third-order valence-electron chi connectivity index (χ3n) is 3.72. The van der Waals surface area contributed by atoms with Crippen LogP contribution in [0.1, 0.15) is 38.7 Å². The van der Waals surface area contributed by atoms with E-state index in [0.29, 0.717) is 13.1 Å². The van der Waals surface area contributed by atoms with Crippen LogP contribution in [0.4, 0.5) is 4.79 Å². The van der Waals surface area contributed by atoms with Crippen LogP contribution < -0.4 is 0 Å². The van der Waals surface area contributed by atoms with E-state index in [1.165, 1.54) is 0 Å². The Morgan fingerprint density at radius 2 is 2.05 bits per heavy atom. The van der Waals surface area contributed by atoms with Gasteiger partial charge in [-0.15, -0.1) is 0 Å². The average Bonchev–Trinajstić information content (AvgIpc) is 2.89. The van der Waals surface area contributed by atoms with Crippen LogP contribution in [0, 0.1) is 17.2 Å². The molecule has 0 aliphatic carbocycles. The number of hydrogen-bond acceptors (Lipinski definition) is 3. The zero-order chi connectivity index (χ0) is 16.3. The second kappa shape index (κ2) is 6.70. The molecule has 2 rings (SSSR count). The minimum Gasteiger partial charge on any atom is -0.444 e. The number of benzene rings is 1. The van der Waals surface area contributed by atoms with Crippen LogP contribution in [-0.2, 0) is 4.74 Å². The Kier molecular flexibility index (Phi) is 5.12. The van der Waals surface area contributed by atoms with Crippen LogP contribution in [-0.4, -0.2) is 29.7 Å². The van der Waals surface area contributed by atoms with Crippen molar-refractivity contribution in [2.24, 2.45) is 5.92 Å². The Balaban J connectivity index is 2.03. The second-order valence-electron chi connectivity index (χ2n) is 6.63. The molecular weight excluding hydrogens is 344 g/mol. The minimum atomic E-state index is -0.491. The van der Waals surface area contributed by atoms with Gasteiger partial charge in [0.25, 0.3) is 0 Å². The van der Waals surface area contributed by atoms with Gasteiger partial charge in [-0.05, 0) is 50.8 Å². The molecule has 1 aliphatic rings. The molecule has 0 radical (unpaired) electrons. The highest BCUT2D eigenvalue weighted by Crippen LogP contribution is 2.32. The lowest BCUT2D eigenvalue weighted by Gasteiger charge is -2.25. The van der Waals surface area contributed by atoms with E-state index in [-0.39, 0.29) is 17.9 Å². The second-order valence-corrected chi connectivity index (χ2v) is 7.55. The van der Waals surface area contributed by atoms with Crippen molar-refractivity contribution in [3.8, 4) is 6.07 Å². The lowest BCUT2D eigenvalue weighted by atomic mass is 9.86. The number of ether oxygens (including phenoxy) is 1. The van der Waals surface area contributed by atoms with Gasteiger partial charge in [-0.3, -0.25) is 0 Å². The zero-order valence-corrected chi connectivity index (χ0v) is 14.8. The molecule has 118 valence electrons. The average molecular weight is 365 g/mol. The molecule has 1 aromatic rings. The Labute approximate surface area is 140 Å². The van der Waals surface area contributed by atoms with Gasteiger partial charge in [-0.1, -0.05) is 28.1 Å². The molecule has 1 amide bonds. The van der Waals surface area contributed by atoms with E-state index in [1.807, 2.05) is 45.0 Å². The first kappa shape index (κ1) is 16.8. The number of carbonyl (C=O) groups excluding carboxylic acids is 1. The summed E-state index contributed by atoms with van der Waals surface area (Å²) in [6.45, 7) is 6.80. The normalized spacial score (nSPS) is 19.6. The van der Waals surface area contributed by atoms with E-state index in [9.17, 15) is 10.1 Å². The fraction of sp³-hybridized carbons (Fsp3) is 0.529. The van der Waals surface area contributed by atoms with Crippen LogP contribution in [0.15, 0.2) is 28.7 Å². The molecular formula is C17H21BrN2O2. The van der Waals surface area contributed by atoms with Gasteiger partial charge in [0.05, 0.1) is 12.0 Å². The first-order valence-electron chi connectivity index (χ1n) is 7.43. The van der Waals surface area contributed by atoms with E-state index >= 15 is 0 Å². The summed E-state index contributed by atoms with van der Waals surface area (Å²) in [7, 11) is 0. The smallest absolute Gasteiger partial charge is 0.410 e. The maximum atomic E-state index is 12.1. The molecule has 0 spiro atoms. The third-order valence-corrected chi connectivity index (χ3v) is 4.24. The zero-order valence-electron chi connectivity index (χ0n) is 13.2. The Hall–Kier alpha value is -1.54. The number of likely N-dealkylation sites (tertiary alicyclic amines) is 1. The maximum absolute atomic E-state index is 12.1. The molecule has 5 heteroatoms. The quantitative estimate of drug-likeness (QED) is 0.785. The number of hydrogen-bond donors (Lipinski definition) is 0. The predicted molar refractivity (Wildman–Crippen MR) is 88.4 cm³/mol. The van der Waals surface area contributed by atoms with Gasteiger partial charge in [0.2, 0.25) is 0 Å². The van der Waals surface area contributed by atoms with Crippen molar-refractivity contribution in [1.29, 1.82) is 5.26 Å². The van der Waals surface area contributed by atoms with Crippen molar-refractivity contribution >= 4 is 22.0 Å². The van der Waals surface area contributed by atoms with Crippen molar-refractivity contribution in [2.75, 3.05) is 13.1 Å². The van der Waals surface area contributed by atoms with Gasteiger partial charge >= 0.3 is 6.09 Å². The topological polar surface area (TPSA) is 53.3 Å². The van der Waals surface area contributed by atoms with Crippen LogP contribution in [0.3, 0.4) is 0 Å².